The first kappa shape index (κ1) is 20.8. The van der Waals surface area contributed by atoms with E-state index in [-0.39, 0.29) is 5.91 Å². The summed E-state index contributed by atoms with van der Waals surface area (Å²) in [5, 5.41) is 3.16. The van der Waals surface area contributed by atoms with Gasteiger partial charge in [0.05, 0.1) is 38.6 Å². The standard InChI is InChI=1S/C21H29N3O3S/c1-17-5-7-19(8-6-17)27-11-3-4-21(25)23(2)14-18-16-28-20(22-18)15-24-9-12-26-13-10-24/h5-8,16H,3-4,9-15H2,1-2H3. The SMILES string of the molecule is Cc1ccc(OCCCC(=O)N(C)Cc2csc(CN3CCOCC3)n2)cc1. The Labute approximate surface area is 171 Å². The Bertz CT molecular complexity index is 742. The summed E-state index contributed by atoms with van der Waals surface area (Å²) < 4.78 is 11.1. The Morgan fingerprint density at radius 2 is 2.04 bits per heavy atom. The number of rotatable bonds is 9. The fourth-order valence-electron chi connectivity index (χ4n) is 3.01. The topological polar surface area (TPSA) is 54.9 Å². The number of carbonyl (C=O) groups is 1. The van der Waals surface area contributed by atoms with Gasteiger partial charge in [-0.3, -0.25) is 9.69 Å². The minimum Gasteiger partial charge on any atom is -0.494 e. The molecule has 1 saturated heterocycles. The number of aryl methyl sites for hydroxylation is 1. The summed E-state index contributed by atoms with van der Waals surface area (Å²) in [5.41, 5.74) is 2.17. The number of morpholine rings is 1. The van der Waals surface area contributed by atoms with Crippen molar-refractivity contribution < 1.29 is 14.3 Å². The first-order chi connectivity index (χ1) is 13.6. The number of hydrogen-bond acceptors (Lipinski definition) is 6. The third-order valence-electron chi connectivity index (χ3n) is 4.71. The second-order valence-electron chi connectivity index (χ2n) is 7.14. The van der Waals surface area contributed by atoms with Crippen LogP contribution in [0.2, 0.25) is 0 Å². The van der Waals surface area contributed by atoms with Crippen molar-refractivity contribution in [2.45, 2.75) is 32.9 Å². The maximum Gasteiger partial charge on any atom is 0.222 e. The molecule has 6 nitrogen and oxygen atoms in total. The molecule has 7 heteroatoms. The van der Waals surface area contributed by atoms with Gasteiger partial charge in [0.2, 0.25) is 5.91 Å². The van der Waals surface area contributed by atoms with Crippen molar-refractivity contribution in [2.24, 2.45) is 0 Å². The molecule has 0 bridgehead atoms. The predicted octanol–water partition coefficient (Wildman–Crippen LogP) is 3.10. The van der Waals surface area contributed by atoms with Crippen LogP contribution in [0.5, 0.6) is 5.75 Å². The molecule has 2 heterocycles. The molecule has 0 saturated carbocycles. The molecule has 0 atom stereocenters. The van der Waals surface area contributed by atoms with Gasteiger partial charge in [-0.2, -0.15) is 0 Å². The average molecular weight is 404 g/mol. The minimum absolute atomic E-state index is 0.121. The molecule has 1 aliphatic heterocycles. The van der Waals surface area contributed by atoms with Gasteiger partial charge in [0, 0.05) is 31.9 Å². The van der Waals surface area contributed by atoms with E-state index in [0.29, 0.717) is 26.0 Å². The summed E-state index contributed by atoms with van der Waals surface area (Å²) in [4.78, 5) is 21.1. The molecule has 0 unspecified atom stereocenters. The lowest BCUT2D eigenvalue weighted by Crippen LogP contribution is -2.35. The lowest BCUT2D eigenvalue weighted by Gasteiger charge is -2.25. The highest BCUT2D eigenvalue weighted by molar-refractivity contribution is 7.09. The van der Waals surface area contributed by atoms with Crippen molar-refractivity contribution in [3.8, 4) is 5.75 Å². The van der Waals surface area contributed by atoms with Gasteiger partial charge in [-0.1, -0.05) is 17.7 Å². The van der Waals surface area contributed by atoms with E-state index in [0.717, 1.165) is 49.3 Å². The molecule has 1 amide bonds. The predicted molar refractivity (Wildman–Crippen MR) is 111 cm³/mol. The van der Waals surface area contributed by atoms with E-state index >= 15 is 0 Å². The zero-order valence-corrected chi connectivity index (χ0v) is 17.5. The van der Waals surface area contributed by atoms with E-state index in [2.05, 4.69) is 15.3 Å². The number of amides is 1. The average Bonchev–Trinajstić information content (AvgIpc) is 3.14. The lowest BCUT2D eigenvalue weighted by molar-refractivity contribution is -0.130. The number of benzene rings is 1. The Morgan fingerprint density at radius 3 is 2.79 bits per heavy atom. The van der Waals surface area contributed by atoms with Gasteiger partial charge in [-0.15, -0.1) is 11.3 Å². The van der Waals surface area contributed by atoms with Crippen molar-refractivity contribution in [1.29, 1.82) is 0 Å². The maximum absolute atomic E-state index is 12.4. The van der Waals surface area contributed by atoms with Gasteiger partial charge in [0.15, 0.2) is 0 Å². The third-order valence-corrected chi connectivity index (χ3v) is 5.59. The fraction of sp³-hybridized carbons (Fsp3) is 0.524. The van der Waals surface area contributed by atoms with Gasteiger partial charge in [-0.25, -0.2) is 4.98 Å². The highest BCUT2D eigenvalue weighted by atomic mass is 32.1. The second-order valence-corrected chi connectivity index (χ2v) is 8.08. The number of nitrogens with zero attached hydrogens (tertiary/aromatic N) is 3. The van der Waals surface area contributed by atoms with Gasteiger partial charge in [-0.05, 0) is 25.5 Å². The number of ether oxygens (including phenoxy) is 2. The molecule has 28 heavy (non-hydrogen) atoms. The largest absolute Gasteiger partial charge is 0.494 e. The number of carbonyl (C=O) groups excluding carboxylic acids is 1. The molecule has 2 aromatic rings. The van der Waals surface area contributed by atoms with Crippen molar-refractivity contribution in [3.05, 3.63) is 45.9 Å². The van der Waals surface area contributed by atoms with Crippen LogP contribution in [0.25, 0.3) is 0 Å². The van der Waals surface area contributed by atoms with Crippen LogP contribution >= 0.6 is 11.3 Å². The van der Waals surface area contributed by atoms with Crippen molar-refractivity contribution in [1.82, 2.24) is 14.8 Å². The molecule has 1 fully saturated rings. The quantitative estimate of drug-likeness (QED) is 0.602. The number of thiazole rings is 1. The summed E-state index contributed by atoms with van der Waals surface area (Å²) in [6, 6.07) is 7.96. The van der Waals surface area contributed by atoms with E-state index < -0.39 is 0 Å². The molecular formula is C21H29N3O3S. The van der Waals surface area contributed by atoms with Crippen molar-refractivity contribution in [2.75, 3.05) is 40.0 Å². The van der Waals surface area contributed by atoms with Crippen LogP contribution in [0.1, 0.15) is 29.1 Å². The zero-order chi connectivity index (χ0) is 19.8. The van der Waals surface area contributed by atoms with Crippen LogP contribution in [0.3, 0.4) is 0 Å². The molecule has 0 spiro atoms. The highest BCUT2D eigenvalue weighted by Crippen LogP contribution is 2.15. The van der Waals surface area contributed by atoms with E-state index in [1.165, 1.54) is 5.56 Å². The molecule has 152 valence electrons. The molecule has 1 aromatic carbocycles. The second kappa shape index (κ2) is 10.5. The Morgan fingerprint density at radius 1 is 1.29 bits per heavy atom. The van der Waals surface area contributed by atoms with Crippen molar-refractivity contribution in [3.63, 3.8) is 0 Å². The molecule has 0 radical (unpaired) electrons. The summed E-state index contributed by atoms with van der Waals surface area (Å²) in [6.45, 7) is 7.51. The Kier molecular flexibility index (Phi) is 7.82. The fourth-order valence-corrected chi connectivity index (χ4v) is 3.84. The van der Waals surface area contributed by atoms with E-state index in [4.69, 9.17) is 9.47 Å². The van der Waals surface area contributed by atoms with Crippen LogP contribution in [0, 0.1) is 6.92 Å². The maximum atomic E-state index is 12.4. The first-order valence-corrected chi connectivity index (χ1v) is 10.6. The summed E-state index contributed by atoms with van der Waals surface area (Å²) in [7, 11) is 1.84. The van der Waals surface area contributed by atoms with Gasteiger partial charge < -0.3 is 14.4 Å². The lowest BCUT2D eigenvalue weighted by atomic mass is 10.2. The summed E-state index contributed by atoms with van der Waals surface area (Å²) in [6.07, 6.45) is 1.18. The Balaban J connectivity index is 1.36. The number of aromatic nitrogens is 1. The van der Waals surface area contributed by atoms with E-state index in [1.807, 2.05) is 38.2 Å². The van der Waals surface area contributed by atoms with E-state index in [9.17, 15) is 4.79 Å². The molecular weight excluding hydrogens is 374 g/mol. The third kappa shape index (κ3) is 6.58. The summed E-state index contributed by atoms with van der Waals surface area (Å²) in [5.74, 6) is 0.969. The molecule has 0 aliphatic carbocycles. The van der Waals surface area contributed by atoms with Crippen LogP contribution in [-0.2, 0) is 22.6 Å². The van der Waals surface area contributed by atoms with Gasteiger partial charge in [0.1, 0.15) is 10.8 Å². The van der Waals surface area contributed by atoms with E-state index in [1.54, 1.807) is 16.2 Å². The van der Waals surface area contributed by atoms with Crippen LogP contribution in [0.15, 0.2) is 29.6 Å². The van der Waals surface area contributed by atoms with Gasteiger partial charge in [0.25, 0.3) is 0 Å². The highest BCUT2D eigenvalue weighted by Gasteiger charge is 2.15. The van der Waals surface area contributed by atoms with Gasteiger partial charge >= 0.3 is 0 Å². The molecule has 1 aliphatic rings. The zero-order valence-electron chi connectivity index (χ0n) is 16.7. The smallest absolute Gasteiger partial charge is 0.222 e. The molecule has 1 aromatic heterocycles. The van der Waals surface area contributed by atoms with Crippen LogP contribution in [-0.4, -0.2) is 60.6 Å². The normalized spacial score (nSPS) is 14.8. The monoisotopic (exact) mass is 403 g/mol. The first-order valence-electron chi connectivity index (χ1n) is 9.77. The van der Waals surface area contributed by atoms with Crippen molar-refractivity contribution >= 4 is 17.2 Å². The molecule has 0 N–H and O–H groups in total. The minimum atomic E-state index is 0.121. The Hall–Kier alpha value is -1.96. The summed E-state index contributed by atoms with van der Waals surface area (Å²) >= 11 is 1.67. The van der Waals surface area contributed by atoms with Crippen LogP contribution < -0.4 is 4.74 Å². The van der Waals surface area contributed by atoms with Crippen LogP contribution in [0.4, 0.5) is 0 Å². The molecule has 3 rings (SSSR count). The number of hydrogen-bond donors (Lipinski definition) is 0.